The number of carbonyl (C=O) groups excluding carboxylic acids is 2. The van der Waals surface area contributed by atoms with Gasteiger partial charge in [0.2, 0.25) is 0 Å². The monoisotopic (exact) mass is 267 g/mol. The number of amides is 1. The van der Waals surface area contributed by atoms with Crippen LogP contribution in [0.2, 0.25) is 5.02 Å². The highest BCUT2D eigenvalue weighted by molar-refractivity contribution is 6.31. The molecule has 0 aromatic heterocycles. The largest absolute Gasteiger partial charge is 0.482 e. The minimum absolute atomic E-state index is 0.0337. The zero-order chi connectivity index (χ0) is 13.1. The van der Waals surface area contributed by atoms with Crippen LogP contribution in [-0.2, 0) is 9.59 Å². The number of nitrogens with zero attached hydrogens (tertiary/aromatic N) is 1. The summed E-state index contributed by atoms with van der Waals surface area (Å²) in [6.45, 7) is 1.99. The van der Waals surface area contributed by atoms with Crippen molar-refractivity contribution in [2.24, 2.45) is 0 Å². The van der Waals surface area contributed by atoms with E-state index >= 15 is 0 Å². The van der Waals surface area contributed by atoms with Gasteiger partial charge in [-0.2, -0.15) is 0 Å². The van der Waals surface area contributed by atoms with Gasteiger partial charge in [-0.05, 0) is 24.6 Å². The summed E-state index contributed by atoms with van der Waals surface area (Å²) in [6.07, 6.45) is 1.25. The summed E-state index contributed by atoms with van der Waals surface area (Å²) in [4.78, 5) is 24.9. The van der Waals surface area contributed by atoms with Crippen LogP contribution in [0, 0.1) is 0 Å². The number of benzene rings is 1. The van der Waals surface area contributed by atoms with Crippen molar-refractivity contribution >= 4 is 29.0 Å². The van der Waals surface area contributed by atoms with Gasteiger partial charge in [-0.3, -0.25) is 14.5 Å². The normalized spacial score (nSPS) is 14.1. The Hall–Kier alpha value is -1.55. The van der Waals surface area contributed by atoms with E-state index in [0.717, 1.165) is 6.42 Å². The van der Waals surface area contributed by atoms with Crippen LogP contribution < -0.4 is 9.64 Å². The molecule has 1 aliphatic rings. The second kappa shape index (κ2) is 5.40. The van der Waals surface area contributed by atoms with Gasteiger partial charge in [-0.1, -0.05) is 18.5 Å². The van der Waals surface area contributed by atoms with E-state index in [-0.39, 0.29) is 24.8 Å². The molecule has 0 aliphatic carbocycles. The van der Waals surface area contributed by atoms with Crippen molar-refractivity contribution in [3.8, 4) is 5.75 Å². The molecule has 18 heavy (non-hydrogen) atoms. The summed E-state index contributed by atoms with van der Waals surface area (Å²) in [5, 5.41) is 0.514. The van der Waals surface area contributed by atoms with E-state index in [9.17, 15) is 9.59 Å². The van der Waals surface area contributed by atoms with Gasteiger partial charge in [-0.15, -0.1) is 0 Å². The topological polar surface area (TPSA) is 46.6 Å². The molecule has 1 aliphatic heterocycles. The lowest BCUT2D eigenvalue weighted by atomic mass is 10.2. The van der Waals surface area contributed by atoms with E-state index in [1.165, 1.54) is 4.90 Å². The molecule has 0 N–H and O–H groups in total. The molecule has 0 fully saturated rings. The van der Waals surface area contributed by atoms with Crippen LogP contribution in [0.3, 0.4) is 0 Å². The molecular weight excluding hydrogens is 254 g/mol. The highest BCUT2D eigenvalue weighted by Gasteiger charge is 2.27. The number of ether oxygens (including phenoxy) is 1. The number of halogens is 1. The van der Waals surface area contributed by atoms with E-state index in [2.05, 4.69) is 0 Å². The minimum Gasteiger partial charge on any atom is -0.482 e. The van der Waals surface area contributed by atoms with Crippen molar-refractivity contribution in [3.05, 3.63) is 23.2 Å². The maximum absolute atomic E-state index is 11.8. The Morgan fingerprint density at radius 3 is 3.00 bits per heavy atom. The van der Waals surface area contributed by atoms with Crippen LogP contribution in [0.4, 0.5) is 5.69 Å². The third-order valence-electron chi connectivity index (χ3n) is 2.73. The summed E-state index contributed by atoms with van der Waals surface area (Å²) in [6, 6.07) is 5.05. The van der Waals surface area contributed by atoms with Gasteiger partial charge in [0.25, 0.3) is 5.91 Å². The number of ketones is 1. The smallest absolute Gasteiger partial charge is 0.265 e. The van der Waals surface area contributed by atoms with E-state index in [1.807, 2.05) is 6.92 Å². The maximum atomic E-state index is 11.8. The van der Waals surface area contributed by atoms with Crippen molar-refractivity contribution in [1.82, 2.24) is 0 Å². The zero-order valence-electron chi connectivity index (χ0n) is 10.1. The molecule has 0 radical (unpaired) electrons. The van der Waals surface area contributed by atoms with Crippen LogP contribution >= 0.6 is 11.6 Å². The third kappa shape index (κ3) is 2.64. The number of Topliss-reactive ketones (excluding diaryl/α,β-unsaturated/α-hetero) is 1. The van der Waals surface area contributed by atoms with Gasteiger partial charge in [0.15, 0.2) is 12.4 Å². The number of carbonyl (C=O) groups is 2. The molecule has 2 rings (SSSR count). The second-order valence-electron chi connectivity index (χ2n) is 4.17. The number of hydrogen-bond donors (Lipinski definition) is 0. The highest BCUT2D eigenvalue weighted by Crippen LogP contribution is 2.34. The molecule has 0 bridgehead atoms. The van der Waals surface area contributed by atoms with Crippen molar-refractivity contribution in [3.63, 3.8) is 0 Å². The number of anilines is 1. The Labute approximate surface area is 110 Å². The van der Waals surface area contributed by atoms with Gasteiger partial charge in [0.05, 0.1) is 12.2 Å². The summed E-state index contributed by atoms with van der Waals surface area (Å²) in [7, 11) is 0. The van der Waals surface area contributed by atoms with Crippen molar-refractivity contribution in [2.75, 3.05) is 18.1 Å². The highest BCUT2D eigenvalue weighted by atomic mass is 35.5. The maximum Gasteiger partial charge on any atom is 0.265 e. The number of hydrogen-bond acceptors (Lipinski definition) is 3. The molecule has 0 saturated heterocycles. The predicted molar refractivity (Wildman–Crippen MR) is 69.2 cm³/mol. The Bertz CT molecular complexity index is 487. The molecule has 0 saturated carbocycles. The van der Waals surface area contributed by atoms with Crippen LogP contribution in [0.25, 0.3) is 0 Å². The fourth-order valence-corrected chi connectivity index (χ4v) is 2.05. The first kappa shape index (κ1) is 12.9. The van der Waals surface area contributed by atoms with Gasteiger partial charge >= 0.3 is 0 Å². The lowest BCUT2D eigenvalue weighted by molar-refractivity contribution is -0.124. The molecule has 1 aromatic carbocycles. The Kier molecular flexibility index (Phi) is 3.87. The molecule has 1 amide bonds. The molecule has 1 aromatic rings. The van der Waals surface area contributed by atoms with Crippen LogP contribution in [-0.4, -0.2) is 24.8 Å². The second-order valence-corrected chi connectivity index (χ2v) is 4.61. The van der Waals surface area contributed by atoms with Gasteiger partial charge in [-0.25, -0.2) is 0 Å². The van der Waals surface area contributed by atoms with Gasteiger partial charge in [0, 0.05) is 11.4 Å². The van der Waals surface area contributed by atoms with Crippen molar-refractivity contribution in [1.29, 1.82) is 0 Å². The first-order valence-electron chi connectivity index (χ1n) is 5.86. The molecule has 0 atom stereocenters. The molecule has 1 heterocycles. The molecular formula is C13H14ClNO3. The van der Waals surface area contributed by atoms with E-state index in [4.69, 9.17) is 16.3 Å². The first-order chi connectivity index (χ1) is 8.61. The average Bonchev–Trinajstić information content (AvgIpc) is 2.33. The Morgan fingerprint density at radius 2 is 2.28 bits per heavy atom. The average molecular weight is 268 g/mol. The number of fused-ring (bicyclic) bond motifs is 1. The van der Waals surface area contributed by atoms with Crippen molar-refractivity contribution < 1.29 is 14.3 Å². The summed E-state index contributed by atoms with van der Waals surface area (Å²) >= 11 is 5.91. The standard InChI is InChI=1S/C13H14ClNO3/c1-2-3-10(16)7-15-11-6-9(14)4-5-12(11)18-8-13(15)17/h4-6H,2-3,7-8H2,1H3. The van der Waals surface area contributed by atoms with Gasteiger partial charge < -0.3 is 4.74 Å². The fourth-order valence-electron chi connectivity index (χ4n) is 1.88. The minimum atomic E-state index is -0.214. The van der Waals surface area contributed by atoms with Crippen molar-refractivity contribution in [2.45, 2.75) is 19.8 Å². The van der Waals surface area contributed by atoms with E-state index < -0.39 is 0 Å². The predicted octanol–water partition coefficient (Wildman–Crippen LogP) is 2.43. The quantitative estimate of drug-likeness (QED) is 0.842. The third-order valence-corrected chi connectivity index (χ3v) is 2.96. The SMILES string of the molecule is CCCC(=O)CN1C(=O)COc2ccc(Cl)cc21. The molecule has 5 heteroatoms. The number of rotatable bonds is 4. The van der Waals surface area contributed by atoms with Crippen LogP contribution in [0.1, 0.15) is 19.8 Å². The van der Waals surface area contributed by atoms with Crippen LogP contribution in [0.15, 0.2) is 18.2 Å². The van der Waals surface area contributed by atoms with Gasteiger partial charge in [0.1, 0.15) is 5.75 Å². The lowest BCUT2D eigenvalue weighted by Crippen LogP contribution is -2.41. The molecule has 96 valence electrons. The lowest BCUT2D eigenvalue weighted by Gasteiger charge is -2.28. The summed E-state index contributed by atoms with van der Waals surface area (Å²) in [5.74, 6) is 0.413. The van der Waals surface area contributed by atoms with E-state index in [1.54, 1.807) is 18.2 Å². The first-order valence-corrected chi connectivity index (χ1v) is 6.24. The Morgan fingerprint density at radius 1 is 1.50 bits per heavy atom. The van der Waals surface area contributed by atoms with E-state index in [0.29, 0.717) is 22.9 Å². The van der Waals surface area contributed by atoms with Crippen LogP contribution in [0.5, 0.6) is 5.75 Å². The molecule has 0 unspecified atom stereocenters. The Balaban J connectivity index is 2.27. The zero-order valence-corrected chi connectivity index (χ0v) is 10.9. The summed E-state index contributed by atoms with van der Waals surface area (Å²) < 4.78 is 5.30. The molecule has 0 spiro atoms. The summed E-state index contributed by atoms with van der Waals surface area (Å²) in [5.41, 5.74) is 0.572. The molecule has 4 nitrogen and oxygen atoms in total. The fraction of sp³-hybridized carbons (Fsp3) is 0.385.